The summed E-state index contributed by atoms with van der Waals surface area (Å²) in [6.07, 6.45) is 3.00. The van der Waals surface area contributed by atoms with Crippen LogP contribution < -0.4 is 10.6 Å². The Balaban J connectivity index is 0.00000320. The number of aliphatic imine (C=N–C) groups is 1. The van der Waals surface area contributed by atoms with E-state index in [9.17, 15) is 8.42 Å². The molecule has 166 valence electrons. The maximum Gasteiger partial charge on any atom is 0.211 e. The van der Waals surface area contributed by atoms with Gasteiger partial charge in [-0.2, -0.15) is 0 Å². The van der Waals surface area contributed by atoms with Crippen LogP contribution in [0.15, 0.2) is 47.5 Å². The largest absolute Gasteiger partial charge is 0.357 e. The Morgan fingerprint density at radius 1 is 1.17 bits per heavy atom. The van der Waals surface area contributed by atoms with Crippen molar-refractivity contribution in [2.24, 2.45) is 10.9 Å². The van der Waals surface area contributed by atoms with Crippen LogP contribution in [-0.4, -0.2) is 51.1 Å². The molecule has 2 aromatic rings. The molecule has 0 bridgehead atoms. The zero-order chi connectivity index (χ0) is 20.9. The Hall–Kier alpha value is -1.39. The minimum Gasteiger partial charge on any atom is -0.357 e. The summed E-state index contributed by atoms with van der Waals surface area (Å²) in [7, 11) is -3.08. The van der Waals surface area contributed by atoms with Crippen molar-refractivity contribution in [3.8, 4) is 0 Å². The standard InChI is InChI=1S/C22H32N4O2S.HI/c1-4-23-22(24-16-18-11-13-26(14-12-18)29(3,27)28)25-17(2)20-10-9-19-7-5-6-8-21(19)15-20;/h5-10,15,17-18H,4,11-14,16H2,1-3H3,(H2,23,24,25);1H. The van der Waals surface area contributed by atoms with Gasteiger partial charge in [-0.15, -0.1) is 24.0 Å². The minimum absolute atomic E-state index is 0. The molecule has 0 aliphatic carbocycles. The Morgan fingerprint density at radius 2 is 1.83 bits per heavy atom. The van der Waals surface area contributed by atoms with E-state index in [1.165, 1.54) is 22.6 Å². The molecule has 1 heterocycles. The number of rotatable bonds is 6. The summed E-state index contributed by atoms with van der Waals surface area (Å²) in [5.41, 5.74) is 1.22. The molecule has 1 fully saturated rings. The van der Waals surface area contributed by atoms with Gasteiger partial charge in [-0.3, -0.25) is 4.99 Å². The van der Waals surface area contributed by atoms with Crippen LogP contribution in [0.2, 0.25) is 0 Å². The van der Waals surface area contributed by atoms with Gasteiger partial charge in [0.05, 0.1) is 12.3 Å². The smallest absolute Gasteiger partial charge is 0.211 e. The fourth-order valence-corrected chi connectivity index (χ4v) is 4.60. The number of guanidine groups is 1. The van der Waals surface area contributed by atoms with E-state index in [2.05, 4.69) is 66.9 Å². The van der Waals surface area contributed by atoms with Crippen molar-refractivity contribution >= 4 is 50.7 Å². The van der Waals surface area contributed by atoms with E-state index < -0.39 is 10.0 Å². The third-order valence-corrected chi connectivity index (χ3v) is 6.82. The SMILES string of the molecule is CCNC(=NCC1CCN(S(C)(=O)=O)CC1)NC(C)c1ccc2ccccc2c1.I. The van der Waals surface area contributed by atoms with Crippen molar-refractivity contribution in [1.82, 2.24) is 14.9 Å². The van der Waals surface area contributed by atoms with Crippen molar-refractivity contribution in [3.63, 3.8) is 0 Å². The van der Waals surface area contributed by atoms with Crippen LogP contribution in [0.25, 0.3) is 10.8 Å². The summed E-state index contributed by atoms with van der Waals surface area (Å²) in [6, 6.07) is 15.0. The van der Waals surface area contributed by atoms with Gasteiger partial charge < -0.3 is 10.6 Å². The van der Waals surface area contributed by atoms with Crippen LogP contribution in [-0.2, 0) is 10.0 Å². The second-order valence-electron chi connectivity index (χ2n) is 7.80. The highest BCUT2D eigenvalue weighted by Gasteiger charge is 2.24. The second-order valence-corrected chi connectivity index (χ2v) is 9.78. The van der Waals surface area contributed by atoms with E-state index in [0.717, 1.165) is 25.3 Å². The Labute approximate surface area is 197 Å². The first-order valence-electron chi connectivity index (χ1n) is 10.4. The summed E-state index contributed by atoms with van der Waals surface area (Å²) < 4.78 is 24.9. The zero-order valence-corrected chi connectivity index (χ0v) is 21.1. The Bertz CT molecular complexity index is 957. The molecule has 1 aliphatic heterocycles. The number of piperidine rings is 1. The lowest BCUT2D eigenvalue weighted by Gasteiger charge is -2.29. The average molecular weight is 545 g/mol. The topological polar surface area (TPSA) is 73.8 Å². The quantitative estimate of drug-likeness (QED) is 0.330. The highest BCUT2D eigenvalue weighted by Crippen LogP contribution is 2.21. The maximum absolute atomic E-state index is 11.7. The molecule has 30 heavy (non-hydrogen) atoms. The molecule has 1 unspecified atom stereocenters. The molecule has 8 heteroatoms. The van der Waals surface area contributed by atoms with Crippen LogP contribution in [0, 0.1) is 5.92 Å². The van der Waals surface area contributed by atoms with Gasteiger partial charge in [0, 0.05) is 26.2 Å². The molecule has 0 saturated carbocycles. The first-order chi connectivity index (χ1) is 13.9. The number of hydrogen-bond donors (Lipinski definition) is 2. The molecule has 0 radical (unpaired) electrons. The summed E-state index contributed by atoms with van der Waals surface area (Å²) in [6.45, 7) is 6.89. The third kappa shape index (κ3) is 6.81. The molecule has 0 amide bonds. The first kappa shape index (κ1) is 24.9. The van der Waals surface area contributed by atoms with Gasteiger partial charge in [0.15, 0.2) is 5.96 Å². The van der Waals surface area contributed by atoms with Crippen molar-refractivity contribution in [3.05, 3.63) is 48.0 Å². The zero-order valence-electron chi connectivity index (χ0n) is 18.0. The molecule has 0 spiro atoms. The maximum atomic E-state index is 11.7. The number of nitrogens with one attached hydrogen (secondary N) is 2. The average Bonchev–Trinajstić information content (AvgIpc) is 2.71. The number of nitrogens with zero attached hydrogens (tertiary/aromatic N) is 2. The number of sulfonamides is 1. The van der Waals surface area contributed by atoms with Gasteiger partial charge in [0.1, 0.15) is 0 Å². The molecule has 2 N–H and O–H groups in total. The minimum atomic E-state index is -3.08. The van der Waals surface area contributed by atoms with Gasteiger partial charge in [-0.25, -0.2) is 12.7 Å². The van der Waals surface area contributed by atoms with E-state index in [1.54, 1.807) is 4.31 Å². The summed E-state index contributed by atoms with van der Waals surface area (Å²) in [5, 5.41) is 9.30. The summed E-state index contributed by atoms with van der Waals surface area (Å²) in [4.78, 5) is 4.78. The number of benzene rings is 2. The summed E-state index contributed by atoms with van der Waals surface area (Å²) >= 11 is 0. The lowest BCUT2D eigenvalue weighted by molar-refractivity contribution is 0.280. The van der Waals surface area contributed by atoms with Gasteiger partial charge in [0.25, 0.3) is 0 Å². The highest BCUT2D eigenvalue weighted by molar-refractivity contribution is 14.0. The number of fused-ring (bicyclic) bond motifs is 1. The first-order valence-corrected chi connectivity index (χ1v) is 12.2. The van der Waals surface area contributed by atoms with Crippen LogP contribution in [0.4, 0.5) is 0 Å². The fourth-order valence-electron chi connectivity index (χ4n) is 3.73. The molecule has 1 saturated heterocycles. The Morgan fingerprint density at radius 3 is 2.47 bits per heavy atom. The molecule has 3 rings (SSSR count). The predicted molar refractivity (Wildman–Crippen MR) is 136 cm³/mol. The van der Waals surface area contributed by atoms with Crippen molar-refractivity contribution in [1.29, 1.82) is 0 Å². The monoisotopic (exact) mass is 544 g/mol. The molecule has 6 nitrogen and oxygen atoms in total. The van der Waals surface area contributed by atoms with Gasteiger partial charge >= 0.3 is 0 Å². The lowest BCUT2D eigenvalue weighted by Crippen LogP contribution is -2.40. The second kappa shape index (κ2) is 11.3. The van der Waals surface area contributed by atoms with Crippen molar-refractivity contribution in [2.45, 2.75) is 32.7 Å². The van der Waals surface area contributed by atoms with Gasteiger partial charge in [-0.05, 0) is 55.0 Å². The molecular weight excluding hydrogens is 511 g/mol. The molecule has 2 aromatic carbocycles. The van der Waals surface area contributed by atoms with Crippen molar-refractivity contribution in [2.75, 3.05) is 32.4 Å². The molecule has 0 aromatic heterocycles. The highest BCUT2D eigenvalue weighted by atomic mass is 127. The van der Waals surface area contributed by atoms with E-state index >= 15 is 0 Å². The Kier molecular flexibility index (Phi) is 9.36. The fraction of sp³-hybridized carbons (Fsp3) is 0.500. The van der Waals surface area contributed by atoms with Crippen molar-refractivity contribution < 1.29 is 8.42 Å². The molecule has 1 aliphatic rings. The van der Waals surface area contributed by atoms with E-state index in [1.807, 2.05) is 0 Å². The predicted octanol–water partition coefficient (Wildman–Crippen LogP) is 3.75. The molecule has 1 atom stereocenters. The lowest BCUT2D eigenvalue weighted by atomic mass is 9.98. The van der Waals surface area contributed by atoms with E-state index in [0.29, 0.717) is 25.6 Å². The van der Waals surface area contributed by atoms with Crippen LogP contribution in [0.1, 0.15) is 38.3 Å². The van der Waals surface area contributed by atoms with E-state index in [4.69, 9.17) is 4.99 Å². The third-order valence-electron chi connectivity index (χ3n) is 5.52. The normalized spacial score (nSPS) is 17.4. The number of hydrogen-bond acceptors (Lipinski definition) is 3. The molecular formula is C22H33IN4O2S. The van der Waals surface area contributed by atoms with Crippen LogP contribution >= 0.6 is 24.0 Å². The summed E-state index contributed by atoms with van der Waals surface area (Å²) in [5.74, 6) is 1.22. The van der Waals surface area contributed by atoms with Crippen LogP contribution in [0.3, 0.4) is 0 Å². The van der Waals surface area contributed by atoms with Gasteiger partial charge in [0.2, 0.25) is 10.0 Å². The number of halogens is 1. The van der Waals surface area contributed by atoms with Crippen LogP contribution in [0.5, 0.6) is 0 Å². The van der Waals surface area contributed by atoms with E-state index in [-0.39, 0.29) is 30.0 Å². The van der Waals surface area contributed by atoms with Gasteiger partial charge in [-0.1, -0.05) is 36.4 Å².